The molecule has 7 nitrogen and oxygen atoms in total. The van der Waals surface area contributed by atoms with Crippen molar-refractivity contribution >= 4 is 13.6 Å². The van der Waals surface area contributed by atoms with Crippen molar-refractivity contribution in [3.05, 3.63) is 35.9 Å². The lowest BCUT2D eigenvalue weighted by molar-refractivity contribution is 0.134. The summed E-state index contributed by atoms with van der Waals surface area (Å²) in [6, 6.07) is 9.34. The van der Waals surface area contributed by atoms with E-state index >= 15 is 0 Å². The highest BCUT2D eigenvalue weighted by Gasteiger charge is 2.32. The molecule has 0 fully saturated rings. The van der Waals surface area contributed by atoms with Crippen LogP contribution in [0.1, 0.15) is 25.8 Å². The highest BCUT2D eigenvalue weighted by atomic mass is 31.2. The Balaban J connectivity index is 2.53. The Morgan fingerprint density at radius 3 is 2.58 bits per heavy atom. The van der Waals surface area contributed by atoms with Gasteiger partial charge in [0.15, 0.2) is 0 Å². The quantitative estimate of drug-likeness (QED) is 0.467. The van der Waals surface area contributed by atoms with Crippen molar-refractivity contribution < 1.29 is 23.4 Å². The fourth-order valence-corrected chi connectivity index (χ4v) is 3.58. The van der Waals surface area contributed by atoms with Gasteiger partial charge in [-0.05, 0) is 18.9 Å². The fourth-order valence-electron chi connectivity index (χ4n) is 1.84. The zero-order valence-electron chi connectivity index (χ0n) is 14.5. The molecule has 24 heavy (non-hydrogen) atoms. The zero-order valence-corrected chi connectivity index (χ0v) is 15.4. The van der Waals surface area contributed by atoms with Crippen LogP contribution in [0, 0.1) is 0 Å². The number of nitrogens with one attached hydrogen (secondary N) is 2. The van der Waals surface area contributed by atoms with Crippen molar-refractivity contribution in [2.75, 3.05) is 26.9 Å². The van der Waals surface area contributed by atoms with Gasteiger partial charge in [-0.15, -0.1) is 0 Å². The monoisotopic (exact) mass is 358 g/mol. The molecule has 0 aliphatic rings. The standard InChI is InChI=1S/C16H27N2O5P/c1-4-10-17-24(20,23-12-11-21-3)14(2)18-16(19)22-13-15-8-6-5-7-9-15/h5-9,14H,4,10-13H2,1-3H3,(H,17,20)(H,18,19). The van der Waals surface area contributed by atoms with E-state index in [1.165, 1.54) is 7.11 Å². The van der Waals surface area contributed by atoms with E-state index in [0.29, 0.717) is 13.2 Å². The summed E-state index contributed by atoms with van der Waals surface area (Å²) in [5.41, 5.74) is 0.879. The SMILES string of the molecule is CCCNP(=O)(OCCOC)C(C)NC(=O)OCc1ccccc1. The summed E-state index contributed by atoms with van der Waals surface area (Å²) >= 11 is 0. The topological polar surface area (TPSA) is 85.9 Å². The Morgan fingerprint density at radius 2 is 1.96 bits per heavy atom. The van der Waals surface area contributed by atoms with Crippen molar-refractivity contribution in [2.24, 2.45) is 0 Å². The molecule has 0 bridgehead atoms. The first-order valence-corrected chi connectivity index (χ1v) is 9.66. The molecule has 1 amide bonds. The summed E-state index contributed by atoms with van der Waals surface area (Å²) < 4.78 is 28.4. The maximum atomic E-state index is 12.9. The average molecular weight is 358 g/mol. The minimum atomic E-state index is -3.25. The van der Waals surface area contributed by atoms with E-state index < -0.39 is 19.4 Å². The molecule has 0 saturated carbocycles. The largest absolute Gasteiger partial charge is 0.445 e. The van der Waals surface area contributed by atoms with Gasteiger partial charge < -0.3 is 19.3 Å². The molecule has 0 spiro atoms. The molecule has 2 atom stereocenters. The van der Waals surface area contributed by atoms with Gasteiger partial charge in [0.25, 0.3) is 7.52 Å². The van der Waals surface area contributed by atoms with Crippen LogP contribution in [-0.2, 0) is 25.2 Å². The number of hydrogen-bond acceptors (Lipinski definition) is 5. The minimum Gasteiger partial charge on any atom is -0.445 e. The Bertz CT molecular complexity index is 526. The third kappa shape index (κ3) is 7.45. The van der Waals surface area contributed by atoms with E-state index in [2.05, 4.69) is 10.4 Å². The molecule has 2 N–H and O–H groups in total. The van der Waals surface area contributed by atoms with Gasteiger partial charge >= 0.3 is 6.09 Å². The second kappa shape index (κ2) is 11.2. The number of amides is 1. The molecule has 0 aromatic heterocycles. The van der Waals surface area contributed by atoms with Gasteiger partial charge in [0.2, 0.25) is 0 Å². The number of ether oxygens (including phenoxy) is 2. The first-order chi connectivity index (χ1) is 11.5. The second-order valence-corrected chi connectivity index (χ2v) is 7.76. The van der Waals surface area contributed by atoms with Gasteiger partial charge in [-0.25, -0.2) is 9.88 Å². The summed E-state index contributed by atoms with van der Waals surface area (Å²) in [4.78, 5) is 11.9. The first-order valence-electron chi connectivity index (χ1n) is 7.97. The van der Waals surface area contributed by atoms with Crippen LogP contribution in [0.4, 0.5) is 4.79 Å². The molecule has 8 heteroatoms. The number of carbonyl (C=O) groups excluding carboxylic acids is 1. The maximum Gasteiger partial charge on any atom is 0.408 e. The van der Waals surface area contributed by atoms with Crippen molar-refractivity contribution in [1.82, 2.24) is 10.4 Å². The van der Waals surface area contributed by atoms with Crippen LogP contribution in [-0.4, -0.2) is 38.7 Å². The molecular weight excluding hydrogens is 331 g/mol. The van der Waals surface area contributed by atoms with Crippen molar-refractivity contribution in [2.45, 2.75) is 32.7 Å². The van der Waals surface area contributed by atoms with Crippen LogP contribution in [0.3, 0.4) is 0 Å². The molecule has 2 unspecified atom stereocenters. The third-order valence-corrected chi connectivity index (χ3v) is 5.58. The summed E-state index contributed by atoms with van der Waals surface area (Å²) in [6.07, 6.45) is 0.156. The molecule has 0 aliphatic carbocycles. The molecular formula is C16H27N2O5P. The number of carbonyl (C=O) groups is 1. The third-order valence-electron chi connectivity index (χ3n) is 3.20. The van der Waals surface area contributed by atoms with Crippen LogP contribution < -0.4 is 10.4 Å². The summed E-state index contributed by atoms with van der Waals surface area (Å²) in [6.45, 7) is 4.75. The van der Waals surface area contributed by atoms with Crippen LogP contribution in [0.5, 0.6) is 0 Å². The summed E-state index contributed by atoms with van der Waals surface area (Å²) in [5.74, 6) is -0.718. The Kier molecular flexibility index (Phi) is 9.64. The van der Waals surface area contributed by atoms with Crippen LogP contribution in [0.25, 0.3) is 0 Å². The maximum absolute atomic E-state index is 12.9. The number of hydrogen-bond donors (Lipinski definition) is 2. The van der Waals surface area contributed by atoms with Crippen molar-refractivity contribution in [3.63, 3.8) is 0 Å². The average Bonchev–Trinajstić information content (AvgIpc) is 2.59. The molecule has 0 radical (unpaired) electrons. The fraction of sp³-hybridized carbons (Fsp3) is 0.562. The molecule has 1 aromatic carbocycles. The molecule has 0 aliphatic heterocycles. The van der Waals surface area contributed by atoms with Crippen LogP contribution in [0.2, 0.25) is 0 Å². The zero-order chi connectivity index (χ0) is 17.8. The lowest BCUT2D eigenvalue weighted by Gasteiger charge is -2.25. The Hall–Kier alpha value is -1.40. The van der Waals surface area contributed by atoms with Gasteiger partial charge in [0, 0.05) is 13.7 Å². The predicted molar refractivity (Wildman–Crippen MR) is 93.0 cm³/mol. The van der Waals surface area contributed by atoms with Gasteiger partial charge in [-0.1, -0.05) is 37.3 Å². The molecule has 0 heterocycles. The Labute approximate surface area is 143 Å². The van der Waals surface area contributed by atoms with E-state index in [1.54, 1.807) is 6.92 Å². The van der Waals surface area contributed by atoms with Gasteiger partial charge in [-0.3, -0.25) is 4.57 Å². The molecule has 136 valence electrons. The van der Waals surface area contributed by atoms with E-state index in [-0.39, 0.29) is 13.2 Å². The normalized spacial score (nSPS) is 14.6. The molecule has 1 rings (SSSR count). The van der Waals surface area contributed by atoms with Crippen LogP contribution in [0.15, 0.2) is 30.3 Å². The van der Waals surface area contributed by atoms with E-state index in [1.807, 2.05) is 37.3 Å². The number of methoxy groups -OCH3 is 1. The number of alkyl carbamates (subject to hydrolysis) is 1. The minimum absolute atomic E-state index is 0.149. The second-order valence-electron chi connectivity index (χ2n) is 5.21. The lowest BCUT2D eigenvalue weighted by Crippen LogP contribution is -2.37. The van der Waals surface area contributed by atoms with E-state index in [0.717, 1.165) is 12.0 Å². The Morgan fingerprint density at radius 1 is 1.25 bits per heavy atom. The van der Waals surface area contributed by atoms with E-state index in [9.17, 15) is 9.36 Å². The smallest absolute Gasteiger partial charge is 0.408 e. The van der Waals surface area contributed by atoms with Crippen molar-refractivity contribution in [3.8, 4) is 0 Å². The van der Waals surface area contributed by atoms with Gasteiger partial charge in [0.1, 0.15) is 12.4 Å². The molecule has 0 saturated heterocycles. The lowest BCUT2D eigenvalue weighted by atomic mass is 10.2. The number of benzene rings is 1. The van der Waals surface area contributed by atoms with Crippen LogP contribution >= 0.6 is 7.52 Å². The molecule has 1 aromatic rings. The van der Waals surface area contributed by atoms with Crippen molar-refractivity contribution in [1.29, 1.82) is 0 Å². The van der Waals surface area contributed by atoms with E-state index in [4.69, 9.17) is 14.0 Å². The highest BCUT2D eigenvalue weighted by Crippen LogP contribution is 2.46. The predicted octanol–water partition coefficient (Wildman–Crippen LogP) is 3.11. The first kappa shape index (κ1) is 20.6. The van der Waals surface area contributed by atoms with Gasteiger partial charge in [-0.2, -0.15) is 0 Å². The van der Waals surface area contributed by atoms with Gasteiger partial charge in [0.05, 0.1) is 13.2 Å². The highest BCUT2D eigenvalue weighted by molar-refractivity contribution is 7.57. The summed E-state index contributed by atoms with van der Waals surface area (Å²) in [7, 11) is -1.71. The summed E-state index contributed by atoms with van der Waals surface area (Å²) in [5, 5.41) is 5.47. The number of rotatable bonds is 11.